The van der Waals surface area contributed by atoms with Gasteiger partial charge in [-0.25, -0.2) is 4.98 Å². The Morgan fingerprint density at radius 2 is 2.10 bits per heavy atom. The first-order valence-corrected chi connectivity index (χ1v) is 7.27. The molecule has 3 aromatic rings. The Morgan fingerprint density at radius 3 is 2.90 bits per heavy atom. The summed E-state index contributed by atoms with van der Waals surface area (Å²) in [6.45, 7) is 1.93. The number of amides is 1. The van der Waals surface area contributed by atoms with Crippen molar-refractivity contribution in [3.63, 3.8) is 0 Å². The number of hydrazine groups is 1. The number of hydrogen-bond acceptors (Lipinski definition) is 5. The molecule has 1 amide bonds. The van der Waals surface area contributed by atoms with Crippen LogP contribution in [0.15, 0.2) is 41.9 Å². The minimum atomic E-state index is -0.199. The van der Waals surface area contributed by atoms with Crippen LogP contribution in [0, 0.1) is 6.92 Å². The average Bonchev–Trinajstić information content (AvgIpc) is 2.94. The van der Waals surface area contributed by atoms with Crippen molar-refractivity contribution < 1.29 is 4.79 Å². The first-order valence-electron chi connectivity index (χ1n) is 6.39. The highest BCUT2D eigenvalue weighted by Crippen LogP contribution is 2.23. The average molecular weight is 298 g/mol. The van der Waals surface area contributed by atoms with Crippen LogP contribution < -0.4 is 16.6 Å². The van der Waals surface area contributed by atoms with E-state index < -0.39 is 0 Å². The minimum Gasteiger partial charge on any atom is -0.323 e. The van der Waals surface area contributed by atoms with Crippen molar-refractivity contribution in [2.45, 2.75) is 6.92 Å². The summed E-state index contributed by atoms with van der Waals surface area (Å²) >= 11 is 1.54. The maximum absolute atomic E-state index is 12.4. The van der Waals surface area contributed by atoms with Crippen molar-refractivity contribution in [1.29, 1.82) is 0 Å². The summed E-state index contributed by atoms with van der Waals surface area (Å²) in [5.74, 6) is 5.26. The summed E-state index contributed by atoms with van der Waals surface area (Å²) in [5, 5.41) is 2.89. The van der Waals surface area contributed by atoms with Crippen molar-refractivity contribution >= 4 is 38.8 Å². The van der Waals surface area contributed by atoms with E-state index in [1.807, 2.05) is 31.2 Å². The zero-order chi connectivity index (χ0) is 14.8. The van der Waals surface area contributed by atoms with E-state index in [0.717, 1.165) is 21.5 Å². The number of aryl methyl sites for hydroxylation is 1. The van der Waals surface area contributed by atoms with Crippen molar-refractivity contribution in [2.75, 3.05) is 10.7 Å². The van der Waals surface area contributed by atoms with Crippen LogP contribution in [0.25, 0.3) is 10.2 Å². The Morgan fingerprint density at radius 1 is 1.24 bits per heavy atom. The fourth-order valence-electron chi connectivity index (χ4n) is 2.10. The van der Waals surface area contributed by atoms with Gasteiger partial charge < -0.3 is 10.7 Å². The zero-order valence-electron chi connectivity index (χ0n) is 11.4. The Hall–Kier alpha value is -2.44. The second kappa shape index (κ2) is 5.51. The number of aromatic nitrogens is 1. The Balaban J connectivity index is 1.90. The molecule has 0 radical (unpaired) electrons. The summed E-state index contributed by atoms with van der Waals surface area (Å²) < 4.78 is 1.04. The lowest BCUT2D eigenvalue weighted by atomic mass is 10.1. The molecule has 21 heavy (non-hydrogen) atoms. The van der Waals surface area contributed by atoms with Gasteiger partial charge >= 0.3 is 0 Å². The number of nitrogens with zero attached hydrogens (tertiary/aromatic N) is 1. The third kappa shape index (κ3) is 2.72. The second-order valence-electron chi connectivity index (χ2n) is 4.68. The fraction of sp³-hybridized carbons (Fsp3) is 0.0667. The third-order valence-corrected chi connectivity index (χ3v) is 3.96. The SMILES string of the molecule is Cc1ccc(NN)c(C(=O)Nc2ccc3ncsc3c2)c1. The van der Waals surface area contributed by atoms with Gasteiger partial charge in [-0.3, -0.25) is 10.6 Å². The highest BCUT2D eigenvalue weighted by molar-refractivity contribution is 7.16. The van der Waals surface area contributed by atoms with Gasteiger partial charge in [0.1, 0.15) is 0 Å². The number of carbonyl (C=O) groups excluding carboxylic acids is 1. The molecule has 0 bridgehead atoms. The molecule has 106 valence electrons. The molecule has 1 heterocycles. The van der Waals surface area contributed by atoms with E-state index >= 15 is 0 Å². The summed E-state index contributed by atoms with van der Waals surface area (Å²) in [5.41, 5.74) is 8.10. The van der Waals surface area contributed by atoms with Gasteiger partial charge in [-0.15, -0.1) is 11.3 Å². The maximum atomic E-state index is 12.4. The van der Waals surface area contributed by atoms with Gasteiger partial charge in [0.25, 0.3) is 5.91 Å². The van der Waals surface area contributed by atoms with Crippen LogP contribution in [0.5, 0.6) is 0 Å². The lowest BCUT2D eigenvalue weighted by Gasteiger charge is -2.10. The van der Waals surface area contributed by atoms with Crippen LogP contribution in [0.1, 0.15) is 15.9 Å². The van der Waals surface area contributed by atoms with E-state index in [1.165, 1.54) is 11.3 Å². The Labute approximate surface area is 125 Å². The molecule has 0 spiro atoms. The summed E-state index contributed by atoms with van der Waals surface area (Å²) in [6, 6.07) is 11.1. The molecule has 0 saturated heterocycles. The van der Waals surface area contributed by atoms with Crippen LogP contribution in [0.2, 0.25) is 0 Å². The zero-order valence-corrected chi connectivity index (χ0v) is 12.2. The third-order valence-electron chi connectivity index (χ3n) is 3.16. The standard InChI is InChI=1S/C15H14N4OS/c1-9-2-4-12(19-16)11(6-9)15(20)18-10-3-5-13-14(7-10)21-8-17-13/h2-8,19H,16H2,1H3,(H,18,20). The summed E-state index contributed by atoms with van der Waals surface area (Å²) in [4.78, 5) is 16.6. The number of nitrogen functional groups attached to an aromatic ring is 1. The largest absolute Gasteiger partial charge is 0.323 e. The second-order valence-corrected chi connectivity index (χ2v) is 5.57. The van der Waals surface area contributed by atoms with Crippen molar-refractivity contribution in [3.8, 4) is 0 Å². The highest BCUT2D eigenvalue weighted by atomic mass is 32.1. The predicted molar refractivity (Wildman–Crippen MR) is 86.6 cm³/mol. The maximum Gasteiger partial charge on any atom is 0.257 e. The van der Waals surface area contributed by atoms with Crippen LogP contribution in [0.3, 0.4) is 0 Å². The van der Waals surface area contributed by atoms with E-state index in [1.54, 1.807) is 17.6 Å². The molecule has 4 N–H and O–H groups in total. The highest BCUT2D eigenvalue weighted by Gasteiger charge is 2.12. The lowest BCUT2D eigenvalue weighted by Crippen LogP contribution is -2.17. The summed E-state index contributed by atoms with van der Waals surface area (Å²) in [6.07, 6.45) is 0. The van der Waals surface area contributed by atoms with E-state index in [4.69, 9.17) is 5.84 Å². The molecular weight excluding hydrogens is 284 g/mol. The predicted octanol–water partition coefficient (Wildman–Crippen LogP) is 3.14. The van der Waals surface area contributed by atoms with E-state index in [-0.39, 0.29) is 5.91 Å². The van der Waals surface area contributed by atoms with Gasteiger partial charge in [-0.1, -0.05) is 11.6 Å². The number of nitrogens with two attached hydrogens (primary N) is 1. The van der Waals surface area contributed by atoms with Crippen LogP contribution >= 0.6 is 11.3 Å². The van der Waals surface area contributed by atoms with Gasteiger partial charge in [0, 0.05) is 5.69 Å². The first-order chi connectivity index (χ1) is 10.2. The molecule has 0 aliphatic rings. The number of thiazole rings is 1. The van der Waals surface area contributed by atoms with Crippen LogP contribution in [-0.2, 0) is 0 Å². The first kappa shape index (κ1) is 13.5. The van der Waals surface area contributed by atoms with E-state index in [2.05, 4.69) is 15.7 Å². The number of nitrogens with one attached hydrogen (secondary N) is 2. The number of fused-ring (bicyclic) bond motifs is 1. The van der Waals surface area contributed by atoms with E-state index in [9.17, 15) is 4.79 Å². The van der Waals surface area contributed by atoms with E-state index in [0.29, 0.717) is 11.3 Å². The molecule has 0 saturated carbocycles. The number of benzene rings is 2. The molecule has 1 aromatic heterocycles. The van der Waals surface area contributed by atoms with Crippen molar-refractivity contribution in [2.24, 2.45) is 5.84 Å². The van der Waals surface area contributed by atoms with Crippen LogP contribution in [-0.4, -0.2) is 10.9 Å². The molecule has 0 aliphatic heterocycles. The number of anilines is 2. The van der Waals surface area contributed by atoms with Gasteiger partial charge in [0.05, 0.1) is 27.0 Å². The molecule has 0 fully saturated rings. The van der Waals surface area contributed by atoms with Gasteiger partial charge in [-0.2, -0.15) is 0 Å². The Bertz CT molecular complexity index is 812. The van der Waals surface area contributed by atoms with Gasteiger partial charge in [0.15, 0.2) is 0 Å². The topological polar surface area (TPSA) is 80.0 Å². The molecule has 3 rings (SSSR count). The minimum absolute atomic E-state index is 0.199. The normalized spacial score (nSPS) is 10.6. The molecular formula is C15H14N4OS. The molecule has 0 atom stereocenters. The van der Waals surface area contributed by atoms with Gasteiger partial charge in [0.2, 0.25) is 0 Å². The smallest absolute Gasteiger partial charge is 0.257 e. The quantitative estimate of drug-likeness (QED) is 0.512. The lowest BCUT2D eigenvalue weighted by molar-refractivity contribution is 0.102. The monoisotopic (exact) mass is 298 g/mol. The van der Waals surface area contributed by atoms with Gasteiger partial charge in [-0.05, 0) is 37.3 Å². The molecule has 6 heteroatoms. The van der Waals surface area contributed by atoms with Crippen molar-refractivity contribution in [3.05, 3.63) is 53.0 Å². The van der Waals surface area contributed by atoms with Crippen LogP contribution in [0.4, 0.5) is 11.4 Å². The number of carbonyl (C=O) groups is 1. The summed E-state index contributed by atoms with van der Waals surface area (Å²) in [7, 11) is 0. The molecule has 5 nitrogen and oxygen atoms in total. The molecule has 0 unspecified atom stereocenters. The molecule has 2 aromatic carbocycles. The Kier molecular flexibility index (Phi) is 3.55. The van der Waals surface area contributed by atoms with Crippen molar-refractivity contribution in [1.82, 2.24) is 4.98 Å². The fourth-order valence-corrected chi connectivity index (χ4v) is 2.82. The number of hydrogen-bond donors (Lipinski definition) is 3. The molecule has 0 aliphatic carbocycles. The number of rotatable bonds is 3.